The van der Waals surface area contributed by atoms with E-state index in [9.17, 15) is 35.7 Å². The maximum atomic E-state index is 9.94. The van der Waals surface area contributed by atoms with E-state index < -0.39 is 74.6 Å². The lowest BCUT2D eigenvalue weighted by Crippen LogP contribution is -2.64. The zero-order valence-electron chi connectivity index (χ0n) is 12.0. The third kappa shape index (κ3) is 3.65. The Labute approximate surface area is 130 Å². The molecule has 8 N–H and O–H groups in total. The Morgan fingerprint density at radius 3 is 1.83 bits per heavy atom. The monoisotopic (exact) mass is 342 g/mol. The highest BCUT2D eigenvalue weighted by Gasteiger charge is 2.50. The molecule has 0 aliphatic carbocycles. The Kier molecular flexibility index (Phi) is 6.27. The van der Waals surface area contributed by atoms with Crippen molar-refractivity contribution in [3.8, 4) is 0 Å². The Bertz CT molecular complexity index is 378. The van der Waals surface area contributed by atoms with Crippen LogP contribution in [0.5, 0.6) is 0 Å². The minimum Gasteiger partial charge on any atom is -0.394 e. The van der Waals surface area contributed by atoms with E-state index in [1.165, 1.54) is 0 Å². The Hall–Kier alpha value is -0.440. The van der Waals surface area contributed by atoms with Crippen molar-refractivity contribution in [2.75, 3.05) is 13.2 Å². The fourth-order valence-corrected chi connectivity index (χ4v) is 2.57. The summed E-state index contributed by atoms with van der Waals surface area (Å²) in [5.74, 6) is 0. The van der Waals surface area contributed by atoms with E-state index >= 15 is 0 Å². The molecule has 0 aromatic rings. The topological polar surface area (TPSA) is 190 Å². The summed E-state index contributed by atoms with van der Waals surface area (Å²) in [6.45, 7) is -1.35. The largest absolute Gasteiger partial charge is 0.394 e. The summed E-state index contributed by atoms with van der Waals surface area (Å²) in [6.07, 6.45) is -15.6. The minimum absolute atomic E-state index is 0.667. The van der Waals surface area contributed by atoms with Crippen LogP contribution < -0.4 is 0 Å². The second-order valence-corrected chi connectivity index (χ2v) is 5.53. The average molecular weight is 342 g/mol. The van der Waals surface area contributed by atoms with Crippen LogP contribution in [-0.4, -0.2) is 115 Å². The maximum Gasteiger partial charge on any atom is 0.187 e. The maximum absolute atomic E-state index is 9.94. The van der Waals surface area contributed by atoms with Gasteiger partial charge in [0.2, 0.25) is 0 Å². The molecular weight excluding hydrogens is 320 g/mol. The first-order chi connectivity index (χ1) is 10.8. The molecule has 2 saturated heterocycles. The molecule has 11 heteroatoms. The first-order valence-electron chi connectivity index (χ1n) is 7.08. The first kappa shape index (κ1) is 18.9. The van der Waals surface area contributed by atoms with Crippen molar-refractivity contribution >= 4 is 0 Å². The predicted octanol–water partition coefficient (Wildman–Crippen LogP) is -5.40. The number of hydrogen-bond acceptors (Lipinski definition) is 11. The van der Waals surface area contributed by atoms with Gasteiger partial charge >= 0.3 is 0 Å². The van der Waals surface area contributed by atoms with Crippen molar-refractivity contribution in [1.29, 1.82) is 0 Å². The SMILES string of the molecule is OC[C@H]1O[C@@H](O[C@H]2[C@H](O)C(O)[C@H](O)O[C@@H]2CO)[C@H](O)[C@@H](O)[C@H]1O. The molecule has 2 fully saturated rings. The van der Waals surface area contributed by atoms with E-state index in [0.717, 1.165) is 0 Å². The molecule has 2 aliphatic heterocycles. The number of ether oxygens (including phenoxy) is 3. The predicted molar refractivity (Wildman–Crippen MR) is 68.6 cm³/mol. The van der Waals surface area contributed by atoms with Crippen LogP contribution in [-0.2, 0) is 14.2 Å². The summed E-state index contributed by atoms with van der Waals surface area (Å²) in [6, 6.07) is 0. The van der Waals surface area contributed by atoms with Gasteiger partial charge in [0.05, 0.1) is 13.2 Å². The molecule has 1 unspecified atom stereocenters. The van der Waals surface area contributed by atoms with Crippen molar-refractivity contribution < 1.29 is 55.1 Å². The van der Waals surface area contributed by atoms with E-state index in [-0.39, 0.29) is 0 Å². The fraction of sp³-hybridized carbons (Fsp3) is 1.00. The average Bonchev–Trinajstić information content (AvgIpc) is 2.55. The van der Waals surface area contributed by atoms with Gasteiger partial charge in [0, 0.05) is 0 Å². The third-order valence-corrected chi connectivity index (χ3v) is 3.98. The zero-order chi connectivity index (χ0) is 17.3. The van der Waals surface area contributed by atoms with E-state index in [0.29, 0.717) is 0 Å². The van der Waals surface area contributed by atoms with Crippen molar-refractivity contribution in [3.05, 3.63) is 0 Å². The van der Waals surface area contributed by atoms with Crippen LogP contribution in [0, 0.1) is 0 Å². The van der Waals surface area contributed by atoms with Gasteiger partial charge in [-0.1, -0.05) is 0 Å². The fourth-order valence-electron chi connectivity index (χ4n) is 2.57. The lowest BCUT2D eigenvalue weighted by molar-refractivity contribution is -0.355. The molecule has 2 rings (SSSR count). The van der Waals surface area contributed by atoms with Crippen molar-refractivity contribution in [1.82, 2.24) is 0 Å². The lowest BCUT2D eigenvalue weighted by Gasteiger charge is -2.45. The Morgan fingerprint density at radius 2 is 1.26 bits per heavy atom. The van der Waals surface area contributed by atoms with E-state index in [4.69, 9.17) is 19.3 Å². The number of hydrogen-bond donors (Lipinski definition) is 8. The normalized spacial score (nSPS) is 51.7. The van der Waals surface area contributed by atoms with Gasteiger partial charge in [-0.25, -0.2) is 0 Å². The van der Waals surface area contributed by atoms with Gasteiger partial charge in [-0.15, -0.1) is 0 Å². The van der Waals surface area contributed by atoms with E-state index in [1.807, 2.05) is 0 Å². The quantitative estimate of drug-likeness (QED) is 0.243. The summed E-state index contributed by atoms with van der Waals surface area (Å²) >= 11 is 0. The zero-order valence-corrected chi connectivity index (χ0v) is 12.0. The number of aliphatic hydroxyl groups is 8. The number of aliphatic hydroxyl groups excluding tert-OH is 8. The molecule has 0 saturated carbocycles. The van der Waals surface area contributed by atoms with Gasteiger partial charge in [-0.2, -0.15) is 0 Å². The first-order valence-corrected chi connectivity index (χ1v) is 7.08. The summed E-state index contributed by atoms with van der Waals surface area (Å²) in [5, 5.41) is 76.5. The van der Waals surface area contributed by atoms with Gasteiger partial charge in [-0.3, -0.25) is 0 Å². The highest BCUT2D eigenvalue weighted by atomic mass is 16.7. The Morgan fingerprint density at radius 1 is 0.652 bits per heavy atom. The molecule has 2 heterocycles. The van der Waals surface area contributed by atoms with Crippen LogP contribution in [0.2, 0.25) is 0 Å². The summed E-state index contributed by atoms with van der Waals surface area (Å²) in [4.78, 5) is 0. The van der Waals surface area contributed by atoms with Crippen LogP contribution in [0.4, 0.5) is 0 Å². The highest BCUT2D eigenvalue weighted by Crippen LogP contribution is 2.28. The molecule has 10 atom stereocenters. The number of rotatable bonds is 4. The second-order valence-electron chi connectivity index (χ2n) is 5.53. The smallest absolute Gasteiger partial charge is 0.187 e. The van der Waals surface area contributed by atoms with Crippen LogP contribution in [0.25, 0.3) is 0 Å². The minimum atomic E-state index is -1.74. The van der Waals surface area contributed by atoms with Crippen molar-refractivity contribution in [2.45, 2.75) is 61.4 Å². The Balaban J connectivity index is 2.11. The van der Waals surface area contributed by atoms with Gasteiger partial charge in [0.25, 0.3) is 0 Å². The summed E-state index contributed by atoms with van der Waals surface area (Å²) in [5.41, 5.74) is 0. The second kappa shape index (κ2) is 7.63. The van der Waals surface area contributed by atoms with Gasteiger partial charge in [0.1, 0.15) is 48.8 Å². The summed E-state index contributed by atoms with van der Waals surface area (Å²) in [7, 11) is 0. The molecule has 2 aliphatic rings. The summed E-state index contributed by atoms with van der Waals surface area (Å²) < 4.78 is 15.3. The molecule has 0 bridgehead atoms. The molecule has 0 amide bonds. The molecule has 136 valence electrons. The van der Waals surface area contributed by atoms with Gasteiger partial charge in [0.15, 0.2) is 12.6 Å². The molecule has 0 aromatic heterocycles. The van der Waals surface area contributed by atoms with Crippen molar-refractivity contribution in [3.63, 3.8) is 0 Å². The van der Waals surface area contributed by atoms with E-state index in [2.05, 4.69) is 0 Å². The molecule has 0 radical (unpaired) electrons. The van der Waals surface area contributed by atoms with Crippen LogP contribution in [0.3, 0.4) is 0 Å². The van der Waals surface area contributed by atoms with Crippen LogP contribution in [0.15, 0.2) is 0 Å². The standard InChI is InChI=1S/C12H22O11/c13-1-3-5(15)6(16)9(19)12(22-3)23-10-4(2-14)21-11(20)8(18)7(10)17/h3-20H,1-2H2/t3-,4-,5+,6+,7-,8?,9-,10-,11-,12+/m1/s1. The molecule has 0 spiro atoms. The highest BCUT2D eigenvalue weighted by molar-refractivity contribution is 4.93. The van der Waals surface area contributed by atoms with Crippen LogP contribution in [0.1, 0.15) is 0 Å². The molecule has 11 nitrogen and oxygen atoms in total. The van der Waals surface area contributed by atoms with Crippen LogP contribution >= 0.6 is 0 Å². The molecular formula is C12H22O11. The molecule has 23 heavy (non-hydrogen) atoms. The third-order valence-electron chi connectivity index (χ3n) is 3.98. The molecule has 0 aromatic carbocycles. The van der Waals surface area contributed by atoms with Gasteiger partial charge < -0.3 is 55.1 Å². The van der Waals surface area contributed by atoms with Gasteiger partial charge in [-0.05, 0) is 0 Å². The van der Waals surface area contributed by atoms with Crippen molar-refractivity contribution in [2.24, 2.45) is 0 Å². The lowest BCUT2D eigenvalue weighted by atomic mass is 9.97. The van der Waals surface area contributed by atoms with E-state index in [1.54, 1.807) is 0 Å².